The van der Waals surface area contributed by atoms with Crippen LogP contribution >= 0.6 is 0 Å². The van der Waals surface area contributed by atoms with Crippen molar-refractivity contribution in [3.63, 3.8) is 0 Å². The highest BCUT2D eigenvalue weighted by atomic mass is 32.2. The maximum absolute atomic E-state index is 12.2. The first-order valence-corrected chi connectivity index (χ1v) is 7.61. The highest BCUT2D eigenvalue weighted by molar-refractivity contribution is 7.89. The molecular weight excluding hydrogens is 248 g/mol. The molecular formula is C13H22N2O2S. The van der Waals surface area contributed by atoms with Gasteiger partial charge in [-0.25, -0.2) is 12.7 Å². The first-order chi connectivity index (χ1) is 8.43. The van der Waals surface area contributed by atoms with Gasteiger partial charge in [-0.3, -0.25) is 0 Å². The van der Waals surface area contributed by atoms with Gasteiger partial charge in [-0.05, 0) is 38.1 Å². The SMILES string of the molecule is CCCN(C)S(=O)(=O)c1ccc(C(C)NC)cc1. The molecule has 0 amide bonds. The third kappa shape index (κ3) is 3.31. The van der Waals surface area contributed by atoms with Crippen LogP contribution in [0.4, 0.5) is 0 Å². The minimum Gasteiger partial charge on any atom is -0.313 e. The molecule has 1 rings (SSSR count). The van der Waals surface area contributed by atoms with Crippen LogP contribution in [-0.2, 0) is 10.0 Å². The minimum atomic E-state index is -3.34. The summed E-state index contributed by atoms with van der Waals surface area (Å²) < 4.78 is 25.8. The zero-order valence-electron chi connectivity index (χ0n) is 11.5. The molecule has 0 fully saturated rings. The summed E-state index contributed by atoms with van der Waals surface area (Å²) in [5.74, 6) is 0. The minimum absolute atomic E-state index is 0.218. The van der Waals surface area contributed by atoms with E-state index in [4.69, 9.17) is 0 Å². The summed E-state index contributed by atoms with van der Waals surface area (Å²) in [7, 11) is 0.156. The second kappa shape index (κ2) is 6.31. The quantitative estimate of drug-likeness (QED) is 0.860. The van der Waals surface area contributed by atoms with E-state index in [1.165, 1.54) is 4.31 Å². The van der Waals surface area contributed by atoms with E-state index in [1.807, 2.05) is 33.0 Å². The molecule has 0 bridgehead atoms. The molecule has 0 saturated heterocycles. The van der Waals surface area contributed by atoms with Crippen molar-refractivity contribution in [2.24, 2.45) is 0 Å². The van der Waals surface area contributed by atoms with Gasteiger partial charge in [0.25, 0.3) is 0 Å². The van der Waals surface area contributed by atoms with E-state index in [-0.39, 0.29) is 6.04 Å². The summed E-state index contributed by atoms with van der Waals surface area (Å²) >= 11 is 0. The highest BCUT2D eigenvalue weighted by Gasteiger charge is 2.19. The van der Waals surface area contributed by atoms with Crippen molar-refractivity contribution in [3.8, 4) is 0 Å². The third-order valence-electron chi connectivity index (χ3n) is 3.06. The number of rotatable bonds is 6. The van der Waals surface area contributed by atoms with E-state index in [9.17, 15) is 8.42 Å². The van der Waals surface area contributed by atoms with E-state index in [1.54, 1.807) is 19.2 Å². The largest absolute Gasteiger partial charge is 0.313 e. The summed E-state index contributed by atoms with van der Waals surface area (Å²) in [5, 5.41) is 3.12. The predicted molar refractivity (Wildman–Crippen MR) is 74.0 cm³/mol. The van der Waals surface area contributed by atoms with Crippen LogP contribution in [0.2, 0.25) is 0 Å². The second-order valence-corrected chi connectivity index (χ2v) is 6.45. The Bertz CT molecular complexity index is 468. The average molecular weight is 270 g/mol. The number of benzene rings is 1. The van der Waals surface area contributed by atoms with Crippen LogP contribution in [0.5, 0.6) is 0 Å². The van der Waals surface area contributed by atoms with Crippen molar-refractivity contribution in [1.82, 2.24) is 9.62 Å². The van der Waals surface area contributed by atoms with Crippen molar-refractivity contribution in [1.29, 1.82) is 0 Å². The molecule has 0 aromatic heterocycles. The lowest BCUT2D eigenvalue weighted by molar-refractivity contribution is 0.468. The first kappa shape index (κ1) is 15.1. The van der Waals surface area contributed by atoms with Gasteiger partial charge >= 0.3 is 0 Å². The number of nitrogens with zero attached hydrogens (tertiary/aromatic N) is 1. The van der Waals surface area contributed by atoms with Crippen LogP contribution in [0.1, 0.15) is 31.9 Å². The first-order valence-electron chi connectivity index (χ1n) is 6.17. The number of nitrogens with one attached hydrogen (secondary N) is 1. The van der Waals surface area contributed by atoms with Gasteiger partial charge in [-0.1, -0.05) is 19.1 Å². The van der Waals surface area contributed by atoms with E-state index >= 15 is 0 Å². The molecule has 18 heavy (non-hydrogen) atoms. The van der Waals surface area contributed by atoms with Crippen LogP contribution in [0, 0.1) is 0 Å². The molecule has 1 aromatic rings. The zero-order valence-corrected chi connectivity index (χ0v) is 12.3. The molecule has 1 unspecified atom stereocenters. The van der Waals surface area contributed by atoms with Crippen LogP contribution in [-0.4, -0.2) is 33.4 Å². The monoisotopic (exact) mass is 270 g/mol. The highest BCUT2D eigenvalue weighted by Crippen LogP contribution is 2.18. The molecule has 0 radical (unpaired) electrons. The molecule has 102 valence electrons. The van der Waals surface area contributed by atoms with Crippen LogP contribution in [0.3, 0.4) is 0 Å². The lowest BCUT2D eigenvalue weighted by atomic mass is 10.1. The molecule has 0 spiro atoms. The molecule has 4 nitrogen and oxygen atoms in total. The number of hydrogen-bond donors (Lipinski definition) is 1. The normalized spacial score (nSPS) is 13.8. The second-order valence-electron chi connectivity index (χ2n) is 4.41. The summed E-state index contributed by atoms with van der Waals surface area (Å²) in [6, 6.07) is 7.27. The molecule has 0 saturated carbocycles. The topological polar surface area (TPSA) is 49.4 Å². The van der Waals surface area contributed by atoms with Gasteiger partial charge in [0.05, 0.1) is 4.90 Å². The summed E-state index contributed by atoms with van der Waals surface area (Å²) in [6.07, 6.45) is 0.810. The Kier molecular flexibility index (Phi) is 5.31. The van der Waals surface area contributed by atoms with Crippen molar-refractivity contribution >= 4 is 10.0 Å². The fourth-order valence-electron chi connectivity index (χ4n) is 1.71. The Labute approximate surface area is 110 Å². The molecule has 0 aliphatic rings. The van der Waals surface area contributed by atoms with E-state index < -0.39 is 10.0 Å². The van der Waals surface area contributed by atoms with Crippen molar-refractivity contribution in [3.05, 3.63) is 29.8 Å². The lowest BCUT2D eigenvalue weighted by Crippen LogP contribution is -2.27. The Morgan fingerprint density at radius 3 is 2.28 bits per heavy atom. The van der Waals surface area contributed by atoms with E-state index in [2.05, 4.69) is 5.32 Å². The van der Waals surface area contributed by atoms with Gasteiger partial charge < -0.3 is 5.32 Å². The predicted octanol–water partition coefficient (Wildman–Crippen LogP) is 2.00. The summed E-state index contributed by atoms with van der Waals surface area (Å²) in [4.78, 5) is 0.352. The van der Waals surface area contributed by atoms with Crippen LogP contribution in [0.25, 0.3) is 0 Å². The molecule has 1 aromatic carbocycles. The fourth-order valence-corrected chi connectivity index (χ4v) is 2.97. The zero-order chi connectivity index (χ0) is 13.8. The smallest absolute Gasteiger partial charge is 0.242 e. The number of hydrogen-bond acceptors (Lipinski definition) is 3. The standard InChI is InChI=1S/C13H22N2O2S/c1-5-10-15(4)18(16,17)13-8-6-12(7-9-13)11(2)14-3/h6-9,11,14H,5,10H2,1-4H3. The fraction of sp³-hybridized carbons (Fsp3) is 0.538. The van der Waals surface area contributed by atoms with Crippen molar-refractivity contribution in [2.45, 2.75) is 31.2 Å². The molecule has 0 heterocycles. The van der Waals surface area contributed by atoms with Gasteiger partial charge in [0.15, 0.2) is 0 Å². The van der Waals surface area contributed by atoms with Crippen molar-refractivity contribution < 1.29 is 8.42 Å². The third-order valence-corrected chi connectivity index (χ3v) is 4.93. The van der Waals surface area contributed by atoms with Gasteiger partial charge in [-0.15, -0.1) is 0 Å². The molecule has 1 N–H and O–H groups in total. The molecule has 1 atom stereocenters. The van der Waals surface area contributed by atoms with Gasteiger partial charge in [0, 0.05) is 19.6 Å². The van der Waals surface area contributed by atoms with E-state index in [0.717, 1.165) is 12.0 Å². The summed E-state index contributed by atoms with van der Waals surface area (Å²) in [5.41, 5.74) is 1.08. The molecule has 0 aliphatic heterocycles. The Balaban J connectivity index is 2.98. The Hall–Kier alpha value is -0.910. The van der Waals surface area contributed by atoms with Crippen molar-refractivity contribution in [2.75, 3.05) is 20.6 Å². The average Bonchev–Trinajstić information content (AvgIpc) is 2.38. The maximum atomic E-state index is 12.2. The maximum Gasteiger partial charge on any atom is 0.242 e. The van der Waals surface area contributed by atoms with Gasteiger partial charge in [-0.2, -0.15) is 0 Å². The van der Waals surface area contributed by atoms with Gasteiger partial charge in [0.2, 0.25) is 10.0 Å². The lowest BCUT2D eigenvalue weighted by Gasteiger charge is -2.17. The number of sulfonamides is 1. The van der Waals surface area contributed by atoms with Crippen LogP contribution < -0.4 is 5.32 Å². The molecule has 5 heteroatoms. The molecule has 0 aliphatic carbocycles. The van der Waals surface area contributed by atoms with Crippen LogP contribution in [0.15, 0.2) is 29.2 Å². The Morgan fingerprint density at radius 2 is 1.83 bits per heavy atom. The summed E-state index contributed by atoms with van der Waals surface area (Å²) in [6.45, 7) is 4.54. The van der Waals surface area contributed by atoms with E-state index in [0.29, 0.717) is 11.4 Å². The Morgan fingerprint density at radius 1 is 1.28 bits per heavy atom. The van der Waals surface area contributed by atoms with Gasteiger partial charge in [0.1, 0.15) is 0 Å².